The highest BCUT2D eigenvalue weighted by Gasteiger charge is 2.32. The van der Waals surface area contributed by atoms with Crippen LogP contribution in [0.4, 0.5) is 0 Å². The number of nitrogens with zero attached hydrogens (tertiary/aromatic N) is 1. The molecule has 0 radical (unpaired) electrons. The minimum atomic E-state index is -2.96. The van der Waals surface area contributed by atoms with Crippen molar-refractivity contribution >= 4 is 9.84 Å². The monoisotopic (exact) mass is 268 g/mol. The number of sulfone groups is 1. The molecule has 1 aliphatic rings. The maximum absolute atomic E-state index is 11.8. The fourth-order valence-electron chi connectivity index (χ4n) is 2.59. The molecule has 100 valence electrons. The highest BCUT2D eigenvalue weighted by atomic mass is 32.2. The summed E-state index contributed by atoms with van der Waals surface area (Å²) < 4.78 is 23.5. The minimum Gasteiger partial charge on any atom is -0.309 e. The lowest BCUT2D eigenvalue weighted by Gasteiger charge is -2.31. The first-order valence-electron chi connectivity index (χ1n) is 6.38. The van der Waals surface area contributed by atoms with Crippen LogP contribution in [0.15, 0.2) is 24.5 Å². The number of rotatable bonds is 4. The van der Waals surface area contributed by atoms with Crippen LogP contribution in [-0.4, -0.2) is 30.9 Å². The molecule has 0 saturated heterocycles. The number of pyridine rings is 1. The largest absolute Gasteiger partial charge is 0.309 e. The van der Waals surface area contributed by atoms with Gasteiger partial charge in [0.1, 0.15) is 0 Å². The van der Waals surface area contributed by atoms with E-state index in [1.165, 1.54) is 6.26 Å². The van der Waals surface area contributed by atoms with Crippen molar-refractivity contribution in [2.45, 2.75) is 43.5 Å². The predicted octanol–water partition coefficient (Wildman–Crippen LogP) is 1.53. The van der Waals surface area contributed by atoms with E-state index in [2.05, 4.69) is 10.3 Å². The standard InChI is InChI=1S/C13H20N2O2S/c1-18(16,17)13-7-3-2-6-12(13)15-10-11-5-4-8-14-9-11/h4-5,8-9,12-13,15H,2-3,6-7,10H2,1H3/t12-,13+/m0/s1. The third-order valence-corrected chi connectivity index (χ3v) is 5.21. The summed E-state index contributed by atoms with van der Waals surface area (Å²) in [5.74, 6) is 0. The average Bonchev–Trinajstić information content (AvgIpc) is 2.37. The van der Waals surface area contributed by atoms with Crippen molar-refractivity contribution in [3.8, 4) is 0 Å². The average molecular weight is 268 g/mol. The van der Waals surface area contributed by atoms with Crippen LogP contribution in [0.25, 0.3) is 0 Å². The van der Waals surface area contributed by atoms with Gasteiger partial charge in [-0.1, -0.05) is 18.9 Å². The molecule has 1 saturated carbocycles. The molecule has 0 bridgehead atoms. The van der Waals surface area contributed by atoms with Crippen LogP contribution in [0.3, 0.4) is 0 Å². The highest BCUT2D eigenvalue weighted by molar-refractivity contribution is 7.91. The summed E-state index contributed by atoms with van der Waals surface area (Å²) in [6, 6.07) is 3.97. The lowest BCUT2D eigenvalue weighted by atomic mass is 9.94. The summed E-state index contributed by atoms with van der Waals surface area (Å²) >= 11 is 0. The van der Waals surface area contributed by atoms with E-state index in [4.69, 9.17) is 0 Å². The molecule has 2 rings (SSSR count). The molecule has 0 amide bonds. The normalized spacial score (nSPS) is 24.9. The molecule has 2 atom stereocenters. The van der Waals surface area contributed by atoms with Gasteiger partial charge in [-0.3, -0.25) is 4.98 Å². The van der Waals surface area contributed by atoms with E-state index >= 15 is 0 Å². The molecule has 1 aromatic rings. The van der Waals surface area contributed by atoms with Gasteiger partial charge < -0.3 is 5.32 Å². The molecule has 18 heavy (non-hydrogen) atoms. The molecule has 0 aliphatic heterocycles. The number of nitrogens with one attached hydrogen (secondary N) is 1. The summed E-state index contributed by atoms with van der Waals surface area (Å²) in [5, 5.41) is 3.14. The molecule has 1 aliphatic carbocycles. The Morgan fingerprint density at radius 2 is 2.17 bits per heavy atom. The van der Waals surface area contributed by atoms with E-state index in [9.17, 15) is 8.42 Å². The van der Waals surface area contributed by atoms with Crippen LogP contribution in [0, 0.1) is 0 Å². The SMILES string of the molecule is CS(=O)(=O)[C@@H]1CCCC[C@@H]1NCc1cccnc1. The zero-order chi connectivity index (χ0) is 13.0. The molecule has 4 nitrogen and oxygen atoms in total. The van der Waals surface area contributed by atoms with E-state index in [0.717, 1.165) is 31.2 Å². The van der Waals surface area contributed by atoms with Crippen molar-refractivity contribution in [2.24, 2.45) is 0 Å². The Morgan fingerprint density at radius 1 is 1.39 bits per heavy atom. The Bertz CT molecular complexity index is 473. The molecule has 1 aromatic heterocycles. The summed E-state index contributed by atoms with van der Waals surface area (Å²) in [6.45, 7) is 0.685. The second-order valence-electron chi connectivity index (χ2n) is 5.00. The number of hydrogen-bond donors (Lipinski definition) is 1. The van der Waals surface area contributed by atoms with Gasteiger partial charge in [0.05, 0.1) is 5.25 Å². The number of aromatic nitrogens is 1. The fraction of sp³-hybridized carbons (Fsp3) is 0.615. The Balaban J connectivity index is 1.98. The summed E-state index contributed by atoms with van der Waals surface area (Å²) in [5.41, 5.74) is 1.09. The van der Waals surface area contributed by atoms with Gasteiger partial charge in [-0.05, 0) is 24.5 Å². The van der Waals surface area contributed by atoms with E-state index < -0.39 is 9.84 Å². The molecular weight excluding hydrogens is 248 g/mol. The van der Waals surface area contributed by atoms with E-state index in [-0.39, 0.29) is 11.3 Å². The van der Waals surface area contributed by atoms with Gasteiger partial charge >= 0.3 is 0 Å². The third kappa shape index (κ3) is 3.53. The predicted molar refractivity (Wildman–Crippen MR) is 72.0 cm³/mol. The van der Waals surface area contributed by atoms with Crippen molar-refractivity contribution in [2.75, 3.05) is 6.26 Å². The van der Waals surface area contributed by atoms with Gasteiger partial charge in [-0.25, -0.2) is 8.42 Å². The lowest BCUT2D eigenvalue weighted by molar-refractivity contribution is 0.370. The second-order valence-corrected chi connectivity index (χ2v) is 7.27. The zero-order valence-electron chi connectivity index (χ0n) is 10.7. The van der Waals surface area contributed by atoms with Crippen molar-refractivity contribution in [3.63, 3.8) is 0 Å². The molecule has 1 heterocycles. The molecule has 0 unspecified atom stereocenters. The first-order valence-corrected chi connectivity index (χ1v) is 8.34. The maximum Gasteiger partial charge on any atom is 0.151 e. The molecule has 0 aromatic carbocycles. The van der Waals surface area contributed by atoms with Gasteiger partial charge in [-0.2, -0.15) is 0 Å². The Hall–Kier alpha value is -0.940. The van der Waals surface area contributed by atoms with Crippen molar-refractivity contribution in [1.29, 1.82) is 0 Å². The molecular formula is C13H20N2O2S. The summed E-state index contributed by atoms with van der Waals surface area (Å²) in [6.07, 6.45) is 8.75. The zero-order valence-corrected chi connectivity index (χ0v) is 11.5. The number of hydrogen-bond acceptors (Lipinski definition) is 4. The first-order chi connectivity index (χ1) is 8.57. The van der Waals surface area contributed by atoms with E-state index in [1.807, 2.05) is 18.3 Å². The Kier molecular flexibility index (Phi) is 4.35. The van der Waals surface area contributed by atoms with Crippen LogP contribution in [-0.2, 0) is 16.4 Å². The van der Waals surface area contributed by atoms with Crippen LogP contribution in [0.2, 0.25) is 0 Å². The van der Waals surface area contributed by atoms with Gasteiger partial charge in [0.2, 0.25) is 0 Å². The molecule has 0 spiro atoms. The van der Waals surface area contributed by atoms with Gasteiger partial charge in [-0.15, -0.1) is 0 Å². The summed E-state index contributed by atoms with van der Waals surface area (Å²) in [7, 11) is -2.96. The van der Waals surface area contributed by atoms with Crippen molar-refractivity contribution < 1.29 is 8.42 Å². The highest BCUT2D eigenvalue weighted by Crippen LogP contribution is 2.24. The van der Waals surface area contributed by atoms with Gasteiger partial charge in [0.25, 0.3) is 0 Å². The van der Waals surface area contributed by atoms with E-state index in [0.29, 0.717) is 6.54 Å². The Labute approximate surface area is 109 Å². The summed E-state index contributed by atoms with van der Waals surface area (Å²) in [4.78, 5) is 4.06. The van der Waals surface area contributed by atoms with E-state index in [1.54, 1.807) is 6.20 Å². The molecule has 5 heteroatoms. The van der Waals surface area contributed by atoms with Gasteiger partial charge in [0.15, 0.2) is 9.84 Å². The molecule has 1 N–H and O–H groups in total. The maximum atomic E-state index is 11.8. The van der Waals surface area contributed by atoms with Crippen molar-refractivity contribution in [1.82, 2.24) is 10.3 Å². The lowest BCUT2D eigenvalue weighted by Crippen LogP contribution is -2.45. The topological polar surface area (TPSA) is 59.1 Å². The quantitative estimate of drug-likeness (QED) is 0.899. The van der Waals surface area contributed by atoms with Crippen LogP contribution >= 0.6 is 0 Å². The first kappa shape index (κ1) is 13.5. The smallest absolute Gasteiger partial charge is 0.151 e. The second kappa shape index (κ2) is 5.80. The fourth-order valence-corrected chi connectivity index (χ4v) is 4.02. The van der Waals surface area contributed by atoms with Crippen LogP contribution in [0.5, 0.6) is 0 Å². The molecule has 1 fully saturated rings. The van der Waals surface area contributed by atoms with Gasteiger partial charge in [0, 0.05) is 31.2 Å². The van der Waals surface area contributed by atoms with Crippen LogP contribution in [0.1, 0.15) is 31.2 Å². The van der Waals surface area contributed by atoms with Crippen LogP contribution < -0.4 is 5.32 Å². The third-order valence-electron chi connectivity index (χ3n) is 3.54. The Morgan fingerprint density at radius 3 is 2.83 bits per heavy atom. The van der Waals surface area contributed by atoms with Crippen molar-refractivity contribution in [3.05, 3.63) is 30.1 Å². The minimum absolute atomic E-state index is 0.0777.